The number of aliphatic hydroxyl groups is 1. The van der Waals surface area contributed by atoms with Crippen LogP contribution in [0.3, 0.4) is 0 Å². The third-order valence-electron chi connectivity index (χ3n) is 4.27. The van der Waals surface area contributed by atoms with E-state index in [9.17, 15) is 22.3 Å². The lowest BCUT2D eigenvalue weighted by atomic mass is 9.98. The normalized spacial score (nSPS) is 20.7. The van der Waals surface area contributed by atoms with Gasteiger partial charge in [0.1, 0.15) is 29.4 Å². The van der Waals surface area contributed by atoms with Crippen LogP contribution in [0.15, 0.2) is 42.5 Å². The van der Waals surface area contributed by atoms with Gasteiger partial charge in [-0.3, -0.25) is 5.32 Å². The summed E-state index contributed by atoms with van der Waals surface area (Å²) in [4.78, 5) is 0. The van der Waals surface area contributed by atoms with Crippen LogP contribution in [-0.4, -0.2) is 25.5 Å². The van der Waals surface area contributed by atoms with Crippen molar-refractivity contribution in [2.45, 2.75) is 25.6 Å². The second kappa shape index (κ2) is 7.30. The fourth-order valence-corrected chi connectivity index (χ4v) is 4.21. The van der Waals surface area contributed by atoms with Gasteiger partial charge in [-0.1, -0.05) is 25.1 Å². The van der Waals surface area contributed by atoms with E-state index in [4.69, 9.17) is 4.18 Å². The molecule has 0 saturated heterocycles. The van der Waals surface area contributed by atoms with Gasteiger partial charge < -0.3 is 9.29 Å². The van der Waals surface area contributed by atoms with Gasteiger partial charge in [-0.15, -0.1) is 0 Å². The molecule has 1 aliphatic rings. The van der Waals surface area contributed by atoms with Gasteiger partial charge in [-0.05, 0) is 36.1 Å². The number of benzene rings is 2. The molecule has 1 heterocycles. The molecular weight excluding hydrogens is 364 g/mol. The summed E-state index contributed by atoms with van der Waals surface area (Å²) in [5.41, 5.74) is 1.04. The van der Waals surface area contributed by atoms with Crippen molar-refractivity contribution < 1.29 is 26.5 Å². The summed E-state index contributed by atoms with van der Waals surface area (Å²) >= 11 is 0. The maximum Gasteiger partial charge on any atom is 0.311 e. The number of aliphatic hydroxyl groups excluding tert-OH is 1. The van der Waals surface area contributed by atoms with E-state index in [0.29, 0.717) is 11.1 Å². The zero-order valence-corrected chi connectivity index (χ0v) is 14.8. The van der Waals surface area contributed by atoms with Crippen molar-refractivity contribution in [3.05, 3.63) is 65.2 Å². The second-order valence-electron chi connectivity index (χ2n) is 6.47. The Kier molecular flexibility index (Phi) is 5.27. The lowest BCUT2D eigenvalue weighted by Gasteiger charge is -2.30. The summed E-state index contributed by atoms with van der Waals surface area (Å²) in [6, 6.07) is 9.24. The van der Waals surface area contributed by atoms with E-state index in [2.05, 4.69) is 5.32 Å². The molecule has 1 aliphatic heterocycles. The molecule has 0 radical (unpaired) electrons. The third kappa shape index (κ3) is 4.38. The Morgan fingerprint density at radius 3 is 2.58 bits per heavy atom. The van der Waals surface area contributed by atoms with Crippen LogP contribution in [0, 0.1) is 17.6 Å². The van der Waals surface area contributed by atoms with Crippen LogP contribution < -0.4 is 9.50 Å². The fraction of sp³-hybridized carbons (Fsp3) is 0.333. The van der Waals surface area contributed by atoms with E-state index in [0.717, 1.165) is 6.07 Å². The Morgan fingerprint density at radius 2 is 1.88 bits per heavy atom. The second-order valence-corrected chi connectivity index (χ2v) is 8.08. The zero-order valence-electron chi connectivity index (χ0n) is 14.0. The van der Waals surface area contributed by atoms with E-state index in [1.165, 1.54) is 12.1 Å². The van der Waals surface area contributed by atoms with Gasteiger partial charge in [0.05, 0.1) is 6.04 Å². The van der Waals surface area contributed by atoms with E-state index in [1.54, 1.807) is 31.2 Å². The summed E-state index contributed by atoms with van der Waals surface area (Å²) in [6.45, 7) is 1.71. The summed E-state index contributed by atoms with van der Waals surface area (Å²) in [5, 5.41) is 13.3. The summed E-state index contributed by atoms with van der Waals surface area (Å²) < 4.78 is 55.4. The summed E-state index contributed by atoms with van der Waals surface area (Å²) in [7, 11) is -3.76. The van der Waals surface area contributed by atoms with Crippen molar-refractivity contribution in [3.63, 3.8) is 0 Å². The highest BCUT2D eigenvalue weighted by atomic mass is 32.2. The van der Waals surface area contributed by atoms with Crippen LogP contribution in [-0.2, 0) is 16.5 Å². The van der Waals surface area contributed by atoms with Gasteiger partial charge in [-0.25, -0.2) is 8.78 Å². The maximum atomic E-state index is 13.3. The standard InChI is InChI=1S/C18H19F2NO4S/c1-11(6-12-7-13(19)9-14(20)8-12)18(22)21-16-10-26(23,24)25-17-5-3-2-4-15(16)17/h2-5,7-9,11,16,18,21-22H,6,10H2,1H3. The van der Waals surface area contributed by atoms with E-state index < -0.39 is 39.9 Å². The average molecular weight is 383 g/mol. The molecule has 3 unspecified atom stereocenters. The molecule has 5 nitrogen and oxygen atoms in total. The first-order chi connectivity index (χ1) is 12.2. The maximum absolute atomic E-state index is 13.3. The minimum Gasteiger partial charge on any atom is -0.382 e. The van der Waals surface area contributed by atoms with Gasteiger partial charge in [0.2, 0.25) is 0 Å². The van der Waals surface area contributed by atoms with Crippen molar-refractivity contribution >= 4 is 10.1 Å². The first-order valence-corrected chi connectivity index (χ1v) is 9.71. The quantitative estimate of drug-likeness (QED) is 0.613. The van der Waals surface area contributed by atoms with Gasteiger partial charge in [0.25, 0.3) is 0 Å². The molecule has 26 heavy (non-hydrogen) atoms. The van der Waals surface area contributed by atoms with Crippen molar-refractivity contribution in [2.75, 3.05) is 5.75 Å². The summed E-state index contributed by atoms with van der Waals surface area (Å²) in [5.74, 6) is -1.86. The molecule has 3 atom stereocenters. The smallest absolute Gasteiger partial charge is 0.311 e. The lowest BCUT2D eigenvalue weighted by molar-refractivity contribution is 0.0716. The molecule has 140 valence electrons. The van der Waals surface area contributed by atoms with Crippen molar-refractivity contribution in [3.8, 4) is 5.75 Å². The van der Waals surface area contributed by atoms with E-state index in [1.807, 2.05) is 0 Å². The molecule has 0 fully saturated rings. The van der Waals surface area contributed by atoms with E-state index in [-0.39, 0.29) is 17.9 Å². The molecule has 2 N–H and O–H groups in total. The predicted octanol–water partition coefficient (Wildman–Crippen LogP) is 2.51. The van der Waals surface area contributed by atoms with Crippen LogP contribution in [0.2, 0.25) is 0 Å². The Bertz CT molecular complexity index is 884. The number of rotatable bonds is 5. The third-order valence-corrected chi connectivity index (χ3v) is 5.45. The van der Waals surface area contributed by atoms with Gasteiger partial charge in [0, 0.05) is 11.6 Å². The molecule has 8 heteroatoms. The van der Waals surface area contributed by atoms with Crippen LogP contribution in [0.5, 0.6) is 5.75 Å². The van der Waals surface area contributed by atoms with Crippen molar-refractivity contribution in [1.82, 2.24) is 5.32 Å². The topological polar surface area (TPSA) is 75.6 Å². The summed E-state index contributed by atoms with van der Waals surface area (Å²) in [6.07, 6.45) is -0.854. The number of fused-ring (bicyclic) bond motifs is 1. The Hall–Kier alpha value is -2.03. The van der Waals surface area contributed by atoms with Crippen molar-refractivity contribution in [1.29, 1.82) is 0 Å². The minimum absolute atomic E-state index is 0.223. The Morgan fingerprint density at radius 1 is 1.23 bits per heavy atom. The highest BCUT2D eigenvalue weighted by Crippen LogP contribution is 2.33. The highest BCUT2D eigenvalue weighted by molar-refractivity contribution is 7.87. The highest BCUT2D eigenvalue weighted by Gasteiger charge is 2.33. The zero-order chi connectivity index (χ0) is 18.9. The number of hydrogen-bond donors (Lipinski definition) is 2. The molecule has 3 rings (SSSR count). The Labute approximate surface area is 150 Å². The average Bonchev–Trinajstić information content (AvgIpc) is 2.52. The molecule has 0 spiro atoms. The molecule has 2 aromatic rings. The largest absolute Gasteiger partial charge is 0.382 e. The van der Waals surface area contributed by atoms with Crippen molar-refractivity contribution in [2.24, 2.45) is 5.92 Å². The number of nitrogens with one attached hydrogen (secondary N) is 1. The number of para-hydroxylation sites is 1. The van der Waals surface area contributed by atoms with Crippen LogP contribution in [0.25, 0.3) is 0 Å². The number of hydrogen-bond acceptors (Lipinski definition) is 5. The van der Waals surface area contributed by atoms with Crippen LogP contribution in [0.1, 0.15) is 24.1 Å². The molecule has 0 bridgehead atoms. The van der Waals surface area contributed by atoms with Gasteiger partial charge in [0.15, 0.2) is 0 Å². The monoisotopic (exact) mass is 383 g/mol. The lowest BCUT2D eigenvalue weighted by Crippen LogP contribution is -2.43. The first kappa shape index (κ1) is 18.8. The molecular formula is C18H19F2NO4S. The van der Waals surface area contributed by atoms with Crippen LogP contribution >= 0.6 is 0 Å². The Balaban J connectivity index is 1.73. The first-order valence-electron chi connectivity index (χ1n) is 8.14. The van der Waals surface area contributed by atoms with Crippen LogP contribution in [0.4, 0.5) is 8.78 Å². The molecule has 0 aliphatic carbocycles. The molecule has 2 aromatic carbocycles. The fourth-order valence-electron chi connectivity index (χ4n) is 3.03. The molecule has 0 saturated carbocycles. The van der Waals surface area contributed by atoms with Gasteiger partial charge in [-0.2, -0.15) is 8.42 Å². The predicted molar refractivity (Wildman–Crippen MR) is 92.0 cm³/mol. The number of halogens is 2. The minimum atomic E-state index is -3.76. The van der Waals surface area contributed by atoms with Gasteiger partial charge >= 0.3 is 10.1 Å². The van der Waals surface area contributed by atoms with E-state index >= 15 is 0 Å². The molecule has 0 amide bonds. The SMILES string of the molecule is CC(Cc1cc(F)cc(F)c1)C(O)NC1CS(=O)(=O)Oc2ccccc21. The molecule has 0 aromatic heterocycles.